The summed E-state index contributed by atoms with van der Waals surface area (Å²) in [5.41, 5.74) is 1.86. The third-order valence-corrected chi connectivity index (χ3v) is 8.00. The van der Waals surface area contributed by atoms with Crippen LogP contribution in [0.2, 0.25) is 0 Å². The highest BCUT2D eigenvalue weighted by Gasteiger charge is 2.17. The van der Waals surface area contributed by atoms with Crippen molar-refractivity contribution in [2.45, 2.75) is 6.92 Å². The van der Waals surface area contributed by atoms with E-state index in [1.807, 2.05) is 0 Å². The van der Waals surface area contributed by atoms with Gasteiger partial charge < -0.3 is 43.1 Å². The van der Waals surface area contributed by atoms with Gasteiger partial charge in [-0.3, -0.25) is 9.52 Å². The Labute approximate surface area is 272 Å². The number of nitrogens with one attached hydrogen (secondary N) is 2. The maximum Gasteiger partial charge on any atom is 0.329 e. The first-order valence-corrected chi connectivity index (χ1v) is 16.6. The largest absolute Gasteiger partial charge is 0.491 e. The molecule has 0 aliphatic heterocycles. The van der Waals surface area contributed by atoms with Crippen molar-refractivity contribution in [2.24, 2.45) is 7.05 Å². The van der Waals surface area contributed by atoms with Gasteiger partial charge in [-0.25, -0.2) is 13.2 Å². The highest BCUT2D eigenvalue weighted by Crippen LogP contribution is 2.39. The number of anilines is 1. The van der Waals surface area contributed by atoms with Gasteiger partial charge in [-0.2, -0.15) is 0 Å². The number of carbonyl (C=O) groups is 1. The van der Waals surface area contributed by atoms with Crippen molar-refractivity contribution >= 4 is 32.6 Å². The Hall–Kier alpha value is -4.41. The van der Waals surface area contributed by atoms with Crippen LogP contribution >= 0.6 is 0 Å². The van der Waals surface area contributed by atoms with Gasteiger partial charge in [-0.05, 0) is 43.3 Å². The third kappa shape index (κ3) is 10.8. The van der Waals surface area contributed by atoms with Gasteiger partial charge in [0.05, 0.1) is 52.0 Å². The summed E-state index contributed by atoms with van der Waals surface area (Å²) in [7, 11) is -1.88. The van der Waals surface area contributed by atoms with Crippen LogP contribution in [-0.4, -0.2) is 94.3 Å². The maximum absolute atomic E-state index is 12.7. The van der Waals surface area contributed by atoms with Crippen molar-refractivity contribution in [2.75, 3.05) is 69.9 Å². The molecule has 0 unspecified atom stereocenters. The zero-order valence-corrected chi connectivity index (χ0v) is 27.0. The second kappa shape index (κ2) is 17.5. The molecule has 0 fully saturated rings. The topological polar surface area (TPSA) is 177 Å². The number of H-pyrrole nitrogens is 1. The average Bonchev–Trinajstić information content (AvgIpc) is 3.54. The molecule has 14 nitrogen and oxygen atoms in total. The number of hydrogen-bond acceptors (Lipinski definition) is 10. The molecule has 0 radical (unpaired) electrons. The molecule has 0 spiro atoms. The molecule has 0 atom stereocenters. The van der Waals surface area contributed by atoms with Crippen molar-refractivity contribution in [1.82, 2.24) is 9.55 Å². The molecule has 47 heavy (non-hydrogen) atoms. The molecule has 254 valence electrons. The van der Waals surface area contributed by atoms with Crippen LogP contribution in [-0.2, 0) is 40.8 Å². The van der Waals surface area contributed by atoms with E-state index >= 15 is 0 Å². The predicted octanol–water partition coefficient (Wildman–Crippen LogP) is 3.62. The number of carboxylic acids is 1. The average molecular weight is 674 g/mol. The summed E-state index contributed by atoms with van der Waals surface area (Å²) in [5, 5.41) is 9.16. The Kier molecular flexibility index (Phi) is 13.2. The van der Waals surface area contributed by atoms with Crippen molar-refractivity contribution in [1.29, 1.82) is 0 Å². The predicted molar refractivity (Wildman–Crippen MR) is 175 cm³/mol. The van der Waals surface area contributed by atoms with E-state index in [2.05, 4.69) is 9.71 Å². The molecule has 4 aromatic rings. The summed E-state index contributed by atoms with van der Waals surface area (Å²) in [5.74, 6) is 0.403. The number of aryl methyl sites for hydroxylation is 1. The molecule has 0 aliphatic rings. The molecule has 2 aromatic carbocycles. The van der Waals surface area contributed by atoms with E-state index in [0.29, 0.717) is 91.2 Å². The molecule has 0 amide bonds. The summed E-state index contributed by atoms with van der Waals surface area (Å²) < 4.78 is 61.9. The molecule has 2 aromatic heterocycles. The molecule has 15 heteroatoms. The Bertz CT molecular complexity index is 1790. The van der Waals surface area contributed by atoms with Gasteiger partial charge in [0.15, 0.2) is 0 Å². The first kappa shape index (κ1) is 35.4. The normalized spacial score (nSPS) is 11.5. The molecule has 2 heterocycles. The van der Waals surface area contributed by atoms with Crippen LogP contribution in [0.5, 0.6) is 17.2 Å². The van der Waals surface area contributed by atoms with Gasteiger partial charge in [0.2, 0.25) is 10.0 Å². The first-order valence-electron chi connectivity index (χ1n) is 14.9. The third-order valence-electron chi connectivity index (χ3n) is 6.69. The highest BCUT2D eigenvalue weighted by atomic mass is 32.2. The fourth-order valence-corrected chi connectivity index (χ4v) is 5.05. The Morgan fingerprint density at radius 3 is 2.21 bits per heavy atom. The quantitative estimate of drug-likeness (QED) is 0.110. The SMILES string of the molecule is CCS(=O)(=O)Nc1ccc(Oc2cccc(OCCOCCOCCOCCOCC(=O)O)c2)c(-c2cn(C)c(=O)c3[nH]ccc23)c1. The Morgan fingerprint density at radius 1 is 0.872 bits per heavy atom. The van der Waals surface area contributed by atoms with Crippen LogP contribution in [0, 0.1) is 0 Å². The van der Waals surface area contributed by atoms with Gasteiger partial charge >= 0.3 is 5.97 Å². The number of aromatic nitrogens is 2. The molecule has 0 aliphatic carbocycles. The number of benzene rings is 2. The number of ether oxygens (including phenoxy) is 6. The lowest BCUT2D eigenvalue weighted by atomic mass is 10.0. The summed E-state index contributed by atoms with van der Waals surface area (Å²) in [6.07, 6.45) is 3.38. The summed E-state index contributed by atoms with van der Waals surface area (Å²) in [6.45, 7) is 3.84. The number of pyridine rings is 1. The van der Waals surface area contributed by atoms with E-state index in [0.717, 1.165) is 0 Å². The van der Waals surface area contributed by atoms with E-state index in [4.69, 9.17) is 33.5 Å². The molecular formula is C32H39N3O11S. The standard InChI is InChI=1S/C32H39N3O11S/c1-3-47(39,40)34-23-7-8-29(27(19-23)28-21-35(2)32(38)31-26(28)9-10-33-31)46-25-6-4-5-24(20-25)45-18-17-43-14-13-41-11-12-42-15-16-44-22-30(36)37/h4-10,19-21,33-34H,3,11-18,22H2,1-2H3,(H,36,37). The molecular weight excluding hydrogens is 634 g/mol. The number of aromatic amines is 1. The van der Waals surface area contributed by atoms with Crippen molar-refractivity contribution in [3.63, 3.8) is 0 Å². The lowest BCUT2D eigenvalue weighted by Crippen LogP contribution is -2.17. The van der Waals surface area contributed by atoms with Gasteiger partial charge in [0.1, 0.15) is 36.0 Å². The van der Waals surface area contributed by atoms with E-state index < -0.39 is 16.0 Å². The van der Waals surface area contributed by atoms with Crippen LogP contribution in [0.15, 0.2) is 65.7 Å². The number of hydrogen-bond donors (Lipinski definition) is 3. The first-order chi connectivity index (χ1) is 22.7. The number of carboxylic acid groups (broad SMARTS) is 1. The summed E-state index contributed by atoms with van der Waals surface area (Å²) in [6, 6.07) is 13.9. The second-order valence-corrected chi connectivity index (χ2v) is 12.2. The van der Waals surface area contributed by atoms with E-state index in [1.54, 1.807) is 74.9 Å². The lowest BCUT2D eigenvalue weighted by Gasteiger charge is -2.16. The molecule has 3 N–H and O–H groups in total. The van der Waals surface area contributed by atoms with Gasteiger partial charge in [-0.15, -0.1) is 0 Å². The highest BCUT2D eigenvalue weighted by molar-refractivity contribution is 7.92. The molecule has 4 rings (SSSR count). The second-order valence-electron chi connectivity index (χ2n) is 10.2. The van der Waals surface area contributed by atoms with Crippen LogP contribution in [0.4, 0.5) is 5.69 Å². The van der Waals surface area contributed by atoms with Crippen LogP contribution in [0.1, 0.15) is 6.92 Å². The minimum atomic E-state index is -3.53. The van der Waals surface area contributed by atoms with Gasteiger partial charge in [0, 0.05) is 47.7 Å². The van der Waals surface area contributed by atoms with E-state index in [9.17, 15) is 18.0 Å². The number of sulfonamides is 1. The fourth-order valence-electron chi connectivity index (χ4n) is 4.42. The number of aliphatic carboxylic acids is 1. The Balaban J connectivity index is 1.32. The zero-order chi connectivity index (χ0) is 33.6. The smallest absolute Gasteiger partial charge is 0.329 e. The molecule has 0 saturated carbocycles. The minimum absolute atomic E-state index is 0.0834. The number of fused-ring (bicyclic) bond motifs is 1. The van der Waals surface area contributed by atoms with Gasteiger partial charge in [-0.1, -0.05) is 6.07 Å². The monoisotopic (exact) mass is 673 g/mol. The van der Waals surface area contributed by atoms with Crippen molar-refractivity contribution in [3.8, 4) is 28.4 Å². The van der Waals surface area contributed by atoms with Gasteiger partial charge in [0.25, 0.3) is 5.56 Å². The molecule has 0 saturated heterocycles. The van der Waals surface area contributed by atoms with Crippen LogP contribution < -0.4 is 19.8 Å². The summed E-state index contributed by atoms with van der Waals surface area (Å²) >= 11 is 0. The summed E-state index contributed by atoms with van der Waals surface area (Å²) in [4.78, 5) is 26.0. The minimum Gasteiger partial charge on any atom is -0.491 e. The zero-order valence-electron chi connectivity index (χ0n) is 26.2. The number of nitrogens with zero attached hydrogens (tertiary/aromatic N) is 1. The van der Waals surface area contributed by atoms with E-state index in [-0.39, 0.29) is 24.5 Å². The van der Waals surface area contributed by atoms with Crippen LogP contribution in [0.3, 0.4) is 0 Å². The number of rotatable bonds is 21. The molecule has 0 bridgehead atoms. The van der Waals surface area contributed by atoms with E-state index in [1.165, 1.54) is 4.57 Å². The lowest BCUT2D eigenvalue weighted by molar-refractivity contribution is -0.142. The Morgan fingerprint density at radius 2 is 1.53 bits per heavy atom. The van der Waals surface area contributed by atoms with Crippen molar-refractivity contribution < 1.29 is 46.7 Å². The maximum atomic E-state index is 12.7. The van der Waals surface area contributed by atoms with Crippen molar-refractivity contribution in [3.05, 3.63) is 71.3 Å². The fraction of sp³-hybridized carbons (Fsp3) is 0.375. The van der Waals surface area contributed by atoms with Crippen LogP contribution in [0.25, 0.3) is 22.0 Å².